The molecule has 6 nitrogen and oxygen atoms in total. The minimum atomic E-state index is -0.828. The van der Waals surface area contributed by atoms with Crippen LogP contribution in [0.15, 0.2) is 39.0 Å². The molecular formula is C24H36N2O4. The van der Waals surface area contributed by atoms with Crippen LogP contribution in [0.5, 0.6) is 0 Å². The number of amidine groups is 1. The third-order valence-electron chi connectivity index (χ3n) is 6.08. The monoisotopic (exact) mass is 416 g/mol. The van der Waals surface area contributed by atoms with Crippen LogP contribution in [-0.4, -0.2) is 23.3 Å². The van der Waals surface area contributed by atoms with E-state index < -0.39 is 5.54 Å². The highest BCUT2D eigenvalue weighted by atomic mass is 16.5. The first kappa shape index (κ1) is 23.9. The molecule has 0 aromatic carbocycles. The molecule has 0 saturated heterocycles. The number of rotatable bonds is 10. The van der Waals surface area contributed by atoms with Gasteiger partial charge in [0.05, 0.1) is 6.26 Å². The molecule has 3 unspecified atom stereocenters. The van der Waals surface area contributed by atoms with Gasteiger partial charge in [0.1, 0.15) is 23.7 Å². The minimum Gasteiger partial charge on any atom is -0.466 e. The molecule has 1 aliphatic heterocycles. The fraction of sp³-hybridized carbons (Fsp3) is 0.625. The average Bonchev–Trinajstić information content (AvgIpc) is 3.33. The van der Waals surface area contributed by atoms with Gasteiger partial charge in [-0.15, -0.1) is 0 Å². The Morgan fingerprint density at radius 2 is 1.93 bits per heavy atom. The molecule has 0 aliphatic carbocycles. The lowest BCUT2D eigenvalue weighted by Gasteiger charge is -2.24. The Hall–Kier alpha value is -2.37. The van der Waals surface area contributed by atoms with Crippen LogP contribution >= 0.6 is 0 Å². The highest BCUT2D eigenvalue weighted by Crippen LogP contribution is 2.33. The van der Waals surface area contributed by atoms with Gasteiger partial charge in [0.25, 0.3) is 5.91 Å². The molecule has 166 valence electrons. The van der Waals surface area contributed by atoms with Gasteiger partial charge < -0.3 is 14.5 Å². The Morgan fingerprint density at radius 3 is 2.47 bits per heavy atom. The molecule has 2 heterocycles. The second-order valence-electron chi connectivity index (χ2n) is 8.83. The average molecular weight is 417 g/mol. The van der Waals surface area contributed by atoms with Crippen molar-refractivity contribution in [3.63, 3.8) is 0 Å². The molecule has 1 aromatic rings. The molecule has 0 saturated carbocycles. The van der Waals surface area contributed by atoms with Crippen LogP contribution in [0.3, 0.4) is 0 Å². The third kappa shape index (κ3) is 5.21. The number of amides is 1. The maximum Gasteiger partial charge on any atom is 0.335 e. The summed E-state index contributed by atoms with van der Waals surface area (Å²) >= 11 is 0. The van der Waals surface area contributed by atoms with E-state index in [1.165, 1.54) is 0 Å². The fourth-order valence-electron chi connectivity index (χ4n) is 3.60. The van der Waals surface area contributed by atoms with Crippen molar-refractivity contribution in [3.8, 4) is 0 Å². The number of hydrogen-bond acceptors (Lipinski definition) is 5. The van der Waals surface area contributed by atoms with Crippen molar-refractivity contribution in [2.24, 2.45) is 22.7 Å². The zero-order valence-corrected chi connectivity index (χ0v) is 19.4. The van der Waals surface area contributed by atoms with E-state index in [1.807, 2.05) is 27.7 Å². The predicted octanol–water partition coefficient (Wildman–Crippen LogP) is 5.04. The molecule has 1 N–H and O–H groups in total. The summed E-state index contributed by atoms with van der Waals surface area (Å²) in [4.78, 5) is 30.8. The van der Waals surface area contributed by atoms with Crippen molar-refractivity contribution in [2.75, 3.05) is 0 Å². The molecule has 0 radical (unpaired) electrons. The first-order valence-electron chi connectivity index (χ1n) is 11.0. The number of aliphatic imine (C=N–C) groups is 1. The SMILES string of the molecule is CCC(C)/C(C(=O)OCc1ccco1)=C(\CC(C)C)C1=NC(C)(C(C)CC)C(=O)N1. The summed E-state index contributed by atoms with van der Waals surface area (Å²) in [6.45, 7) is 14.3. The van der Waals surface area contributed by atoms with Gasteiger partial charge in [0.2, 0.25) is 0 Å². The maximum atomic E-state index is 13.2. The molecule has 0 bridgehead atoms. The van der Waals surface area contributed by atoms with Gasteiger partial charge in [0, 0.05) is 11.1 Å². The number of hydrogen-bond donors (Lipinski definition) is 1. The second-order valence-corrected chi connectivity index (χ2v) is 8.83. The number of furan rings is 1. The Kier molecular flexibility index (Phi) is 8.04. The number of nitrogens with one attached hydrogen (secondary N) is 1. The maximum absolute atomic E-state index is 13.2. The molecule has 2 rings (SSSR count). The van der Waals surface area contributed by atoms with Gasteiger partial charge >= 0.3 is 5.97 Å². The van der Waals surface area contributed by atoms with Crippen LogP contribution in [0.1, 0.15) is 73.5 Å². The van der Waals surface area contributed by atoms with Crippen LogP contribution in [-0.2, 0) is 20.9 Å². The van der Waals surface area contributed by atoms with Crippen molar-refractivity contribution >= 4 is 17.7 Å². The summed E-state index contributed by atoms with van der Waals surface area (Å²) in [5, 5.41) is 2.98. The number of ether oxygens (including phenoxy) is 1. The topological polar surface area (TPSA) is 80.9 Å². The van der Waals surface area contributed by atoms with Crippen LogP contribution in [0.2, 0.25) is 0 Å². The molecule has 1 aliphatic rings. The van der Waals surface area contributed by atoms with E-state index in [1.54, 1.807) is 18.4 Å². The Labute approximate surface area is 180 Å². The Bertz CT molecular complexity index is 807. The van der Waals surface area contributed by atoms with Gasteiger partial charge in [-0.2, -0.15) is 0 Å². The summed E-state index contributed by atoms with van der Waals surface area (Å²) in [7, 11) is 0. The second kappa shape index (κ2) is 10.1. The Balaban J connectivity index is 2.49. The summed E-state index contributed by atoms with van der Waals surface area (Å²) in [6, 6.07) is 3.53. The third-order valence-corrected chi connectivity index (χ3v) is 6.08. The van der Waals surface area contributed by atoms with E-state index in [9.17, 15) is 9.59 Å². The van der Waals surface area contributed by atoms with Crippen LogP contribution in [0.25, 0.3) is 0 Å². The molecule has 3 atom stereocenters. The standard InChI is InChI=1S/C24H36N2O4/c1-8-16(5)20(22(27)30-14-18-11-10-12-29-18)19(13-15(3)4)21-25-23(28)24(7,26-21)17(6)9-2/h10-12,15-17H,8-9,13-14H2,1-7H3,(H,25,26,28)/b20-19-. The van der Waals surface area contributed by atoms with Gasteiger partial charge in [-0.25, -0.2) is 4.79 Å². The van der Waals surface area contributed by atoms with Crippen LogP contribution in [0, 0.1) is 17.8 Å². The van der Waals surface area contributed by atoms with Crippen molar-refractivity contribution in [1.82, 2.24) is 5.32 Å². The lowest BCUT2D eigenvalue weighted by atomic mass is 9.85. The molecule has 0 fully saturated rings. The van der Waals surface area contributed by atoms with Crippen molar-refractivity contribution < 1.29 is 18.7 Å². The summed E-state index contributed by atoms with van der Waals surface area (Å²) in [6.07, 6.45) is 3.80. The van der Waals surface area contributed by atoms with Gasteiger partial charge in [0.15, 0.2) is 0 Å². The van der Waals surface area contributed by atoms with E-state index >= 15 is 0 Å². The van der Waals surface area contributed by atoms with E-state index in [4.69, 9.17) is 14.1 Å². The lowest BCUT2D eigenvalue weighted by Crippen LogP contribution is -2.42. The summed E-state index contributed by atoms with van der Waals surface area (Å²) in [5.41, 5.74) is 0.541. The predicted molar refractivity (Wildman–Crippen MR) is 118 cm³/mol. The summed E-state index contributed by atoms with van der Waals surface area (Å²) in [5.74, 6) is 0.957. The number of carbonyl (C=O) groups is 2. The molecule has 1 aromatic heterocycles. The quantitative estimate of drug-likeness (QED) is 0.428. The number of nitrogens with zero attached hydrogens (tertiary/aromatic N) is 1. The van der Waals surface area contributed by atoms with E-state index in [0.717, 1.165) is 18.4 Å². The first-order valence-corrected chi connectivity index (χ1v) is 11.0. The first-order chi connectivity index (χ1) is 14.1. The summed E-state index contributed by atoms with van der Waals surface area (Å²) < 4.78 is 10.9. The highest BCUT2D eigenvalue weighted by Gasteiger charge is 2.44. The number of carbonyl (C=O) groups excluding carboxylic acids is 2. The number of esters is 1. The van der Waals surface area contributed by atoms with Crippen molar-refractivity contribution in [3.05, 3.63) is 35.3 Å². The molecular weight excluding hydrogens is 380 g/mol. The molecule has 6 heteroatoms. The van der Waals surface area contributed by atoms with Crippen LogP contribution < -0.4 is 5.32 Å². The van der Waals surface area contributed by atoms with Gasteiger partial charge in [-0.3, -0.25) is 9.79 Å². The zero-order valence-electron chi connectivity index (χ0n) is 19.4. The lowest BCUT2D eigenvalue weighted by molar-refractivity contribution is -0.141. The normalized spacial score (nSPS) is 21.7. The fourth-order valence-corrected chi connectivity index (χ4v) is 3.60. The van der Waals surface area contributed by atoms with Gasteiger partial charge in [-0.05, 0) is 49.7 Å². The molecule has 1 amide bonds. The van der Waals surface area contributed by atoms with Crippen molar-refractivity contribution in [2.45, 2.75) is 79.9 Å². The minimum absolute atomic E-state index is 0.0297. The smallest absolute Gasteiger partial charge is 0.335 e. The van der Waals surface area contributed by atoms with E-state index in [2.05, 4.69) is 26.1 Å². The Morgan fingerprint density at radius 1 is 1.23 bits per heavy atom. The zero-order chi connectivity index (χ0) is 22.5. The highest BCUT2D eigenvalue weighted by molar-refractivity contribution is 6.17. The van der Waals surface area contributed by atoms with Gasteiger partial charge in [-0.1, -0.05) is 48.0 Å². The van der Waals surface area contributed by atoms with E-state index in [0.29, 0.717) is 23.6 Å². The molecule has 30 heavy (non-hydrogen) atoms. The van der Waals surface area contributed by atoms with Crippen molar-refractivity contribution in [1.29, 1.82) is 0 Å². The largest absolute Gasteiger partial charge is 0.466 e. The van der Waals surface area contributed by atoms with Crippen LogP contribution in [0.4, 0.5) is 0 Å². The van der Waals surface area contributed by atoms with E-state index in [-0.39, 0.29) is 36.2 Å². The molecule has 0 spiro atoms.